The van der Waals surface area contributed by atoms with E-state index < -0.39 is 6.04 Å². The van der Waals surface area contributed by atoms with E-state index in [1.54, 1.807) is 23.0 Å². The molecule has 6 heteroatoms. The van der Waals surface area contributed by atoms with Crippen LogP contribution in [-0.4, -0.2) is 34.2 Å². The molecule has 0 saturated carbocycles. The molecule has 1 N–H and O–H groups in total. The van der Waals surface area contributed by atoms with Crippen LogP contribution in [0, 0.1) is 0 Å². The van der Waals surface area contributed by atoms with Crippen LogP contribution < -0.4 is 10.2 Å². The van der Waals surface area contributed by atoms with Crippen LogP contribution in [0.2, 0.25) is 0 Å². The van der Waals surface area contributed by atoms with Crippen molar-refractivity contribution in [3.8, 4) is 0 Å². The van der Waals surface area contributed by atoms with Gasteiger partial charge in [-0.25, -0.2) is 4.90 Å². The molecule has 3 rings (SSSR count). The number of carbonyl (C=O) groups excluding carboxylic acids is 2. The Morgan fingerprint density at radius 1 is 1.19 bits per heavy atom. The first-order valence-corrected chi connectivity index (χ1v) is 6.88. The van der Waals surface area contributed by atoms with Gasteiger partial charge in [-0.1, -0.05) is 18.2 Å². The van der Waals surface area contributed by atoms with Crippen LogP contribution in [0.1, 0.15) is 6.42 Å². The van der Waals surface area contributed by atoms with Crippen LogP contribution in [0.4, 0.5) is 5.69 Å². The minimum Gasteiger partial charge on any atom is -0.304 e. The number of para-hydroxylation sites is 1. The number of nitrogens with one attached hydrogen (secondary N) is 1. The summed E-state index contributed by atoms with van der Waals surface area (Å²) in [4.78, 5) is 25.6. The third kappa shape index (κ3) is 2.85. The number of nitrogens with zero attached hydrogens (tertiary/aromatic N) is 3. The average Bonchev–Trinajstić information content (AvgIpc) is 3.09. The lowest BCUT2D eigenvalue weighted by Gasteiger charge is -2.15. The van der Waals surface area contributed by atoms with Gasteiger partial charge in [0.05, 0.1) is 24.7 Å². The number of rotatable bonds is 5. The molecule has 1 aliphatic heterocycles. The summed E-state index contributed by atoms with van der Waals surface area (Å²) in [6.07, 6.45) is 3.77. The topological polar surface area (TPSA) is 67.2 Å². The van der Waals surface area contributed by atoms with Gasteiger partial charge in [0.1, 0.15) is 0 Å². The second-order valence-electron chi connectivity index (χ2n) is 4.88. The first kappa shape index (κ1) is 13.5. The molecule has 108 valence electrons. The van der Waals surface area contributed by atoms with Crippen LogP contribution in [0.5, 0.6) is 0 Å². The smallest absolute Gasteiger partial charge is 0.251 e. The Balaban J connectivity index is 1.61. The molecule has 2 heterocycles. The zero-order valence-electron chi connectivity index (χ0n) is 11.5. The fourth-order valence-corrected chi connectivity index (χ4v) is 2.43. The number of imide groups is 1. The highest BCUT2D eigenvalue weighted by Gasteiger charge is 2.38. The van der Waals surface area contributed by atoms with Crippen molar-refractivity contribution in [2.45, 2.75) is 19.0 Å². The highest BCUT2D eigenvalue weighted by Crippen LogP contribution is 2.22. The zero-order valence-corrected chi connectivity index (χ0v) is 11.5. The molecular formula is C15H16N4O2. The summed E-state index contributed by atoms with van der Waals surface area (Å²) in [5.74, 6) is -0.352. The van der Waals surface area contributed by atoms with Crippen molar-refractivity contribution in [2.24, 2.45) is 0 Å². The second kappa shape index (κ2) is 5.88. The Kier molecular flexibility index (Phi) is 3.79. The number of hydrogen-bond donors (Lipinski definition) is 1. The lowest BCUT2D eigenvalue weighted by Crippen LogP contribution is -2.40. The van der Waals surface area contributed by atoms with Gasteiger partial charge in [0.2, 0.25) is 5.91 Å². The van der Waals surface area contributed by atoms with Crippen molar-refractivity contribution in [1.29, 1.82) is 0 Å². The summed E-state index contributed by atoms with van der Waals surface area (Å²) < 4.78 is 1.78. The van der Waals surface area contributed by atoms with Gasteiger partial charge < -0.3 is 5.32 Å². The van der Waals surface area contributed by atoms with E-state index in [9.17, 15) is 9.59 Å². The monoisotopic (exact) mass is 284 g/mol. The number of hydrogen-bond acceptors (Lipinski definition) is 4. The SMILES string of the molecule is O=C1CC(NCCn2cccn2)C(=O)N1c1ccccc1. The predicted octanol–water partition coefficient (Wildman–Crippen LogP) is 0.805. The summed E-state index contributed by atoms with van der Waals surface area (Å²) in [5.41, 5.74) is 0.629. The van der Waals surface area contributed by atoms with E-state index in [-0.39, 0.29) is 18.2 Å². The van der Waals surface area contributed by atoms with Gasteiger partial charge in [-0.05, 0) is 18.2 Å². The van der Waals surface area contributed by atoms with Crippen molar-refractivity contribution < 1.29 is 9.59 Å². The summed E-state index contributed by atoms with van der Waals surface area (Å²) in [5, 5.41) is 7.22. The predicted molar refractivity (Wildman–Crippen MR) is 77.6 cm³/mol. The van der Waals surface area contributed by atoms with E-state index in [1.165, 1.54) is 4.90 Å². The molecule has 1 aromatic heterocycles. The van der Waals surface area contributed by atoms with Crippen molar-refractivity contribution in [3.05, 3.63) is 48.8 Å². The summed E-state index contributed by atoms with van der Waals surface area (Å²) in [6, 6.07) is 10.4. The maximum atomic E-state index is 12.3. The molecule has 1 fully saturated rings. The molecule has 1 saturated heterocycles. The Labute approximate surface area is 122 Å². The first-order valence-electron chi connectivity index (χ1n) is 6.88. The van der Waals surface area contributed by atoms with Gasteiger partial charge in [-0.15, -0.1) is 0 Å². The van der Waals surface area contributed by atoms with Crippen LogP contribution in [0.15, 0.2) is 48.8 Å². The first-order chi connectivity index (χ1) is 10.3. The molecule has 1 atom stereocenters. The second-order valence-corrected chi connectivity index (χ2v) is 4.88. The van der Waals surface area contributed by atoms with Crippen molar-refractivity contribution in [3.63, 3.8) is 0 Å². The lowest BCUT2D eigenvalue weighted by atomic mass is 10.2. The minimum atomic E-state index is -0.451. The van der Waals surface area contributed by atoms with E-state index in [0.717, 1.165) is 0 Å². The number of benzene rings is 1. The molecule has 1 unspecified atom stereocenters. The number of anilines is 1. The summed E-state index contributed by atoms with van der Waals surface area (Å²) >= 11 is 0. The van der Waals surface area contributed by atoms with Crippen molar-refractivity contribution >= 4 is 17.5 Å². The zero-order chi connectivity index (χ0) is 14.7. The third-order valence-electron chi connectivity index (χ3n) is 3.45. The summed E-state index contributed by atoms with van der Waals surface area (Å²) in [6.45, 7) is 1.25. The molecule has 0 bridgehead atoms. The molecule has 21 heavy (non-hydrogen) atoms. The van der Waals surface area contributed by atoms with Crippen molar-refractivity contribution in [2.75, 3.05) is 11.4 Å². The normalized spacial score (nSPS) is 18.5. The van der Waals surface area contributed by atoms with Gasteiger partial charge in [0.25, 0.3) is 5.91 Å². The van der Waals surface area contributed by atoms with E-state index in [0.29, 0.717) is 18.8 Å². The lowest BCUT2D eigenvalue weighted by molar-refractivity contribution is -0.121. The molecule has 0 aliphatic carbocycles. The Morgan fingerprint density at radius 2 is 2.00 bits per heavy atom. The van der Waals surface area contributed by atoms with Crippen LogP contribution in [0.3, 0.4) is 0 Å². The Morgan fingerprint density at radius 3 is 2.71 bits per heavy atom. The Bertz CT molecular complexity index is 624. The quantitative estimate of drug-likeness (QED) is 0.825. The maximum Gasteiger partial charge on any atom is 0.251 e. The highest BCUT2D eigenvalue weighted by molar-refractivity contribution is 6.22. The van der Waals surface area contributed by atoms with E-state index in [2.05, 4.69) is 10.4 Å². The largest absolute Gasteiger partial charge is 0.304 e. The molecule has 2 aromatic rings. The average molecular weight is 284 g/mol. The van der Waals surface area contributed by atoms with E-state index in [4.69, 9.17) is 0 Å². The number of amides is 2. The maximum absolute atomic E-state index is 12.3. The van der Waals surface area contributed by atoms with E-state index in [1.807, 2.05) is 30.5 Å². The molecule has 0 radical (unpaired) electrons. The molecule has 1 aromatic carbocycles. The number of aromatic nitrogens is 2. The van der Waals surface area contributed by atoms with Crippen LogP contribution in [0.25, 0.3) is 0 Å². The fraction of sp³-hybridized carbons (Fsp3) is 0.267. The highest BCUT2D eigenvalue weighted by atomic mass is 16.2. The van der Waals surface area contributed by atoms with Crippen LogP contribution in [-0.2, 0) is 16.1 Å². The molecular weight excluding hydrogens is 268 g/mol. The molecule has 0 spiro atoms. The van der Waals surface area contributed by atoms with Gasteiger partial charge in [-0.2, -0.15) is 5.10 Å². The standard InChI is InChI=1S/C15H16N4O2/c20-14-11-13(16-8-10-18-9-4-7-17-18)15(21)19(14)12-5-2-1-3-6-12/h1-7,9,13,16H,8,10-11H2. The van der Waals surface area contributed by atoms with Crippen LogP contribution >= 0.6 is 0 Å². The molecule has 1 aliphatic rings. The Hall–Kier alpha value is -2.47. The van der Waals surface area contributed by atoms with Crippen molar-refractivity contribution in [1.82, 2.24) is 15.1 Å². The van der Waals surface area contributed by atoms with Gasteiger partial charge in [0, 0.05) is 18.9 Å². The minimum absolute atomic E-state index is 0.164. The summed E-state index contributed by atoms with van der Waals surface area (Å²) in [7, 11) is 0. The van der Waals surface area contributed by atoms with E-state index >= 15 is 0 Å². The van der Waals surface area contributed by atoms with Gasteiger partial charge >= 0.3 is 0 Å². The molecule has 2 amide bonds. The van der Waals surface area contributed by atoms with Gasteiger partial charge in [0.15, 0.2) is 0 Å². The molecule has 6 nitrogen and oxygen atoms in total. The number of carbonyl (C=O) groups is 2. The third-order valence-corrected chi connectivity index (χ3v) is 3.45. The fourth-order valence-electron chi connectivity index (χ4n) is 2.43. The van der Waals surface area contributed by atoms with Gasteiger partial charge in [-0.3, -0.25) is 14.3 Å².